The number of imide groups is 1. The molecule has 3 aromatic rings. The first kappa shape index (κ1) is 19.6. The first-order valence-electron chi connectivity index (χ1n) is 10.1. The van der Waals surface area contributed by atoms with Crippen molar-refractivity contribution in [3.63, 3.8) is 0 Å². The summed E-state index contributed by atoms with van der Waals surface area (Å²) in [5.41, 5.74) is 4.12. The van der Waals surface area contributed by atoms with Gasteiger partial charge in [0.2, 0.25) is 0 Å². The number of amides is 2. The summed E-state index contributed by atoms with van der Waals surface area (Å²) >= 11 is 0. The maximum atomic E-state index is 13.5. The largest absolute Gasteiger partial charge is 0.339 e. The normalized spacial score (nSPS) is 14.1. The highest BCUT2D eigenvalue weighted by Gasteiger charge is 2.42. The lowest BCUT2D eigenvalue weighted by Crippen LogP contribution is -2.34. The molecule has 30 heavy (non-hydrogen) atoms. The highest BCUT2D eigenvalue weighted by molar-refractivity contribution is 6.46. The minimum atomic E-state index is -0.317. The lowest BCUT2D eigenvalue weighted by atomic mass is 10.0. The van der Waals surface area contributed by atoms with Gasteiger partial charge in [0.25, 0.3) is 11.8 Å². The van der Waals surface area contributed by atoms with E-state index >= 15 is 0 Å². The number of benzene rings is 3. The molecule has 4 heteroatoms. The molecule has 0 aromatic heterocycles. The van der Waals surface area contributed by atoms with Crippen LogP contribution < -0.4 is 9.80 Å². The van der Waals surface area contributed by atoms with Crippen LogP contribution in [-0.4, -0.2) is 18.9 Å². The van der Waals surface area contributed by atoms with Gasteiger partial charge in [-0.25, -0.2) is 4.90 Å². The van der Waals surface area contributed by atoms with E-state index in [1.54, 1.807) is 4.90 Å². The molecule has 1 heterocycles. The number of nitrogens with zero attached hydrogens (tertiary/aromatic N) is 2. The maximum Gasteiger partial charge on any atom is 0.282 e. The van der Waals surface area contributed by atoms with Crippen LogP contribution in [0.2, 0.25) is 0 Å². The third-order valence-corrected chi connectivity index (χ3v) is 5.42. The average Bonchev–Trinajstić information content (AvgIpc) is 3.04. The van der Waals surface area contributed by atoms with Gasteiger partial charge in [-0.15, -0.1) is 0 Å². The Labute approximate surface area is 177 Å². The summed E-state index contributed by atoms with van der Waals surface area (Å²) in [7, 11) is 1.82. The van der Waals surface area contributed by atoms with Gasteiger partial charge in [0.15, 0.2) is 0 Å². The second-order valence-corrected chi connectivity index (χ2v) is 7.68. The smallest absolute Gasteiger partial charge is 0.282 e. The van der Waals surface area contributed by atoms with E-state index in [2.05, 4.69) is 13.8 Å². The number of anilines is 2. The summed E-state index contributed by atoms with van der Waals surface area (Å²) < 4.78 is 0. The molecule has 0 bridgehead atoms. The third-order valence-electron chi connectivity index (χ3n) is 5.42. The molecular weight excluding hydrogens is 372 g/mol. The van der Waals surface area contributed by atoms with Gasteiger partial charge < -0.3 is 4.90 Å². The molecule has 0 radical (unpaired) electrons. The Balaban J connectivity index is 1.82. The summed E-state index contributed by atoms with van der Waals surface area (Å²) in [4.78, 5) is 30.1. The molecule has 4 rings (SSSR count). The number of para-hydroxylation sites is 1. The van der Waals surface area contributed by atoms with Crippen LogP contribution >= 0.6 is 0 Å². The fraction of sp³-hybridized carbons (Fsp3) is 0.154. The zero-order chi connectivity index (χ0) is 21.3. The summed E-state index contributed by atoms with van der Waals surface area (Å²) in [6.45, 7) is 4.23. The highest BCUT2D eigenvalue weighted by atomic mass is 16.2. The first-order valence-corrected chi connectivity index (χ1v) is 10.1. The Kier molecular flexibility index (Phi) is 5.23. The number of hydrogen-bond acceptors (Lipinski definition) is 3. The number of carbonyl (C=O) groups excluding carboxylic acids is 2. The number of carbonyl (C=O) groups is 2. The molecule has 0 atom stereocenters. The van der Waals surface area contributed by atoms with E-state index in [0.29, 0.717) is 22.9 Å². The van der Waals surface area contributed by atoms with Crippen molar-refractivity contribution < 1.29 is 9.59 Å². The Morgan fingerprint density at radius 2 is 1.30 bits per heavy atom. The molecule has 4 nitrogen and oxygen atoms in total. The number of likely N-dealkylation sites (N-methyl/N-ethyl adjacent to an activating group) is 1. The van der Waals surface area contributed by atoms with Gasteiger partial charge in [-0.3, -0.25) is 9.59 Å². The second-order valence-electron chi connectivity index (χ2n) is 7.68. The van der Waals surface area contributed by atoms with Crippen LogP contribution in [-0.2, 0) is 9.59 Å². The van der Waals surface area contributed by atoms with Crippen LogP contribution in [0.4, 0.5) is 11.4 Å². The van der Waals surface area contributed by atoms with Crippen molar-refractivity contribution in [2.45, 2.75) is 19.8 Å². The van der Waals surface area contributed by atoms with E-state index < -0.39 is 0 Å². The zero-order valence-electron chi connectivity index (χ0n) is 17.4. The van der Waals surface area contributed by atoms with Gasteiger partial charge in [0, 0.05) is 12.7 Å². The summed E-state index contributed by atoms with van der Waals surface area (Å²) in [5.74, 6) is -0.245. The van der Waals surface area contributed by atoms with E-state index in [0.717, 1.165) is 16.8 Å². The fourth-order valence-corrected chi connectivity index (χ4v) is 3.72. The molecule has 1 aliphatic rings. The monoisotopic (exact) mass is 396 g/mol. The Hall–Kier alpha value is -3.66. The van der Waals surface area contributed by atoms with Gasteiger partial charge in [0.05, 0.1) is 11.3 Å². The topological polar surface area (TPSA) is 40.6 Å². The summed E-state index contributed by atoms with van der Waals surface area (Å²) in [6.07, 6.45) is 0. The van der Waals surface area contributed by atoms with Crippen molar-refractivity contribution in [3.8, 4) is 0 Å². The van der Waals surface area contributed by atoms with Gasteiger partial charge >= 0.3 is 0 Å². The standard InChI is InChI=1S/C26H24N2O2/c1-18(2)19-14-16-22(17-15-19)28-25(29)23(20-10-6-4-7-11-20)24(26(28)30)27(3)21-12-8-5-9-13-21/h4-18H,1-3H3. The van der Waals surface area contributed by atoms with Crippen LogP contribution in [0.5, 0.6) is 0 Å². The lowest BCUT2D eigenvalue weighted by molar-refractivity contribution is -0.120. The van der Waals surface area contributed by atoms with Crippen molar-refractivity contribution >= 4 is 28.8 Å². The van der Waals surface area contributed by atoms with Gasteiger partial charge in [-0.2, -0.15) is 0 Å². The molecule has 0 aliphatic carbocycles. The molecule has 0 N–H and O–H groups in total. The minimum Gasteiger partial charge on any atom is -0.339 e. The van der Waals surface area contributed by atoms with Crippen LogP contribution in [0.15, 0.2) is 90.6 Å². The molecule has 150 valence electrons. The number of rotatable bonds is 5. The zero-order valence-corrected chi connectivity index (χ0v) is 17.4. The van der Waals surface area contributed by atoms with E-state index in [9.17, 15) is 9.59 Å². The fourth-order valence-electron chi connectivity index (χ4n) is 3.72. The van der Waals surface area contributed by atoms with Crippen molar-refractivity contribution in [1.29, 1.82) is 0 Å². The highest BCUT2D eigenvalue weighted by Crippen LogP contribution is 2.36. The molecule has 0 unspecified atom stereocenters. The second kappa shape index (κ2) is 7.99. The van der Waals surface area contributed by atoms with E-state index in [-0.39, 0.29) is 11.8 Å². The van der Waals surface area contributed by atoms with Crippen molar-refractivity contribution in [3.05, 3.63) is 102 Å². The predicted molar refractivity (Wildman–Crippen MR) is 121 cm³/mol. The minimum absolute atomic E-state index is 0.304. The SMILES string of the molecule is CC(C)c1ccc(N2C(=O)C(c3ccccc3)=C(N(C)c3ccccc3)C2=O)cc1. The summed E-state index contributed by atoms with van der Waals surface area (Å²) in [6, 6.07) is 26.6. The Bertz CT molecular complexity index is 1100. The average molecular weight is 396 g/mol. The van der Waals surface area contributed by atoms with E-state index in [1.807, 2.05) is 92.0 Å². The van der Waals surface area contributed by atoms with Crippen LogP contribution in [0.1, 0.15) is 30.9 Å². The Morgan fingerprint density at radius 1 is 0.733 bits per heavy atom. The molecule has 1 aliphatic heterocycles. The first-order chi connectivity index (χ1) is 14.5. The maximum absolute atomic E-state index is 13.5. The Morgan fingerprint density at radius 3 is 1.87 bits per heavy atom. The quantitative estimate of drug-likeness (QED) is 0.555. The number of hydrogen-bond donors (Lipinski definition) is 0. The predicted octanol–water partition coefficient (Wildman–Crippen LogP) is 5.23. The molecule has 0 saturated heterocycles. The summed E-state index contributed by atoms with van der Waals surface area (Å²) in [5, 5.41) is 0. The van der Waals surface area contributed by atoms with Crippen LogP contribution in [0, 0.1) is 0 Å². The molecule has 0 spiro atoms. The van der Waals surface area contributed by atoms with Gasteiger partial charge in [-0.05, 0) is 41.3 Å². The van der Waals surface area contributed by atoms with Crippen molar-refractivity contribution in [2.24, 2.45) is 0 Å². The third kappa shape index (κ3) is 3.41. The molecular formula is C26H24N2O2. The van der Waals surface area contributed by atoms with Gasteiger partial charge in [0.1, 0.15) is 5.70 Å². The van der Waals surface area contributed by atoms with E-state index in [4.69, 9.17) is 0 Å². The van der Waals surface area contributed by atoms with E-state index in [1.165, 1.54) is 4.90 Å². The molecule has 2 amide bonds. The van der Waals surface area contributed by atoms with Crippen LogP contribution in [0.3, 0.4) is 0 Å². The van der Waals surface area contributed by atoms with Crippen LogP contribution in [0.25, 0.3) is 5.57 Å². The molecule has 3 aromatic carbocycles. The van der Waals surface area contributed by atoms with Gasteiger partial charge in [-0.1, -0.05) is 74.5 Å². The van der Waals surface area contributed by atoms with Crippen molar-refractivity contribution in [2.75, 3.05) is 16.8 Å². The lowest BCUT2D eigenvalue weighted by Gasteiger charge is -2.21. The molecule has 0 fully saturated rings. The molecule has 0 saturated carbocycles. The van der Waals surface area contributed by atoms with Crippen molar-refractivity contribution in [1.82, 2.24) is 0 Å².